The second-order valence-corrected chi connectivity index (χ2v) is 7.41. The first-order chi connectivity index (χ1) is 14.1. The van der Waals surface area contributed by atoms with E-state index in [1.807, 2.05) is 37.3 Å². The third kappa shape index (κ3) is 4.40. The number of nitrogens with zero attached hydrogens (tertiary/aromatic N) is 1. The first-order valence-electron chi connectivity index (χ1n) is 10.1. The third-order valence-corrected chi connectivity index (χ3v) is 5.66. The normalized spacial score (nSPS) is 17.5. The van der Waals surface area contributed by atoms with Gasteiger partial charge in [-0.2, -0.15) is 0 Å². The summed E-state index contributed by atoms with van der Waals surface area (Å²) in [7, 11) is 1.68. The number of amides is 1. The van der Waals surface area contributed by atoms with E-state index < -0.39 is 0 Å². The van der Waals surface area contributed by atoms with E-state index in [1.54, 1.807) is 7.11 Å². The average molecular weight is 398 g/mol. The molecule has 0 bridgehead atoms. The number of hydrogen-bond donors (Lipinski definition) is 2. The van der Waals surface area contributed by atoms with Gasteiger partial charge in [-0.25, -0.2) is 0 Å². The van der Waals surface area contributed by atoms with Crippen LogP contribution in [-0.2, 0) is 4.79 Å². The van der Waals surface area contributed by atoms with E-state index >= 15 is 0 Å². The van der Waals surface area contributed by atoms with Crippen LogP contribution >= 0.6 is 0 Å². The summed E-state index contributed by atoms with van der Waals surface area (Å²) in [5.41, 5.74) is 1.93. The molecule has 0 spiro atoms. The van der Waals surface area contributed by atoms with Crippen LogP contribution < -0.4 is 29.3 Å². The second kappa shape index (κ2) is 8.61. The van der Waals surface area contributed by atoms with Crippen molar-refractivity contribution in [3.05, 3.63) is 42.5 Å². The SMILES string of the molecule is COc1ccc(N2CC[NH+]([C@@H](C)C(=O)Nc3ccc4c(c3)OCCO4)CC2)cc1. The van der Waals surface area contributed by atoms with E-state index in [2.05, 4.69) is 22.3 Å². The number of fused-ring (bicyclic) bond motifs is 1. The highest BCUT2D eigenvalue weighted by Gasteiger charge is 2.29. The molecule has 1 fully saturated rings. The van der Waals surface area contributed by atoms with Crippen LogP contribution in [0.1, 0.15) is 6.92 Å². The van der Waals surface area contributed by atoms with Crippen molar-refractivity contribution in [3.8, 4) is 17.2 Å². The lowest BCUT2D eigenvalue weighted by Gasteiger charge is -2.36. The minimum absolute atomic E-state index is 0.0228. The Morgan fingerprint density at radius 1 is 1.07 bits per heavy atom. The van der Waals surface area contributed by atoms with Crippen LogP contribution in [0.25, 0.3) is 0 Å². The maximum atomic E-state index is 12.8. The molecule has 0 unspecified atom stereocenters. The Balaban J connectivity index is 1.31. The number of nitrogens with one attached hydrogen (secondary N) is 2. The van der Waals surface area contributed by atoms with Gasteiger partial charge >= 0.3 is 0 Å². The van der Waals surface area contributed by atoms with Gasteiger partial charge < -0.3 is 29.3 Å². The Morgan fingerprint density at radius 3 is 2.45 bits per heavy atom. The summed E-state index contributed by atoms with van der Waals surface area (Å²) < 4.78 is 16.4. The molecule has 0 aliphatic carbocycles. The number of methoxy groups -OCH3 is 1. The summed E-state index contributed by atoms with van der Waals surface area (Å²) in [5.74, 6) is 2.29. The topological polar surface area (TPSA) is 64.5 Å². The average Bonchev–Trinajstić information content (AvgIpc) is 2.78. The summed E-state index contributed by atoms with van der Waals surface area (Å²) >= 11 is 0. The Labute approximate surface area is 171 Å². The molecule has 0 radical (unpaired) electrons. The van der Waals surface area contributed by atoms with E-state index in [9.17, 15) is 4.79 Å². The van der Waals surface area contributed by atoms with Crippen LogP contribution in [0.2, 0.25) is 0 Å². The summed E-state index contributed by atoms with van der Waals surface area (Å²) in [4.78, 5) is 16.4. The third-order valence-electron chi connectivity index (χ3n) is 5.66. The van der Waals surface area contributed by atoms with E-state index in [-0.39, 0.29) is 11.9 Å². The monoisotopic (exact) mass is 398 g/mol. The molecular formula is C22H28N3O4+. The van der Waals surface area contributed by atoms with E-state index in [0.29, 0.717) is 19.0 Å². The molecule has 4 rings (SSSR count). The summed E-state index contributed by atoms with van der Waals surface area (Å²) in [6, 6.07) is 13.5. The van der Waals surface area contributed by atoms with Gasteiger partial charge in [-0.05, 0) is 43.3 Å². The number of quaternary nitrogens is 1. The summed E-state index contributed by atoms with van der Waals surface area (Å²) in [6.07, 6.45) is 0. The minimum Gasteiger partial charge on any atom is -0.497 e. The number of piperazine rings is 1. The molecule has 2 heterocycles. The maximum absolute atomic E-state index is 12.8. The first-order valence-corrected chi connectivity index (χ1v) is 10.1. The van der Waals surface area contributed by atoms with Crippen molar-refractivity contribution in [1.29, 1.82) is 0 Å². The molecule has 2 aliphatic rings. The number of benzene rings is 2. The number of carbonyl (C=O) groups excluding carboxylic acids is 1. The molecule has 2 aromatic rings. The lowest BCUT2D eigenvalue weighted by molar-refractivity contribution is -0.914. The molecule has 2 aromatic carbocycles. The van der Waals surface area contributed by atoms with Crippen LogP contribution in [0.15, 0.2) is 42.5 Å². The lowest BCUT2D eigenvalue weighted by atomic mass is 10.2. The van der Waals surface area contributed by atoms with Crippen LogP contribution in [0.3, 0.4) is 0 Å². The molecule has 1 amide bonds. The lowest BCUT2D eigenvalue weighted by Crippen LogP contribution is -3.19. The number of carbonyl (C=O) groups is 1. The highest BCUT2D eigenvalue weighted by atomic mass is 16.6. The Kier molecular flexibility index (Phi) is 5.76. The maximum Gasteiger partial charge on any atom is 0.282 e. The van der Waals surface area contributed by atoms with Crippen LogP contribution in [0.4, 0.5) is 11.4 Å². The quantitative estimate of drug-likeness (QED) is 0.793. The zero-order valence-corrected chi connectivity index (χ0v) is 16.9. The molecule has 0 aromatic heterocycles. The standard InChI is InChI=1S/C22H27N3O4/c1-16(22(26)23-17-3-8-20-21(15-17)29-14-13-28-20)24-9-11-25(12-10-24)18-4-6-19(27-2)7-5-18/h3-8,15-16H,9-14H2,1-2H3,(H,23,26)/p+1/t16-/m0/s1. The van der Waals surface area contributed by atoms with Gasteiger partial charge in [-0.15, -0.1) is 0 Å². The van der Waals surface area contributed by atoms with Gasteiger partial charge in [-0.3, -0.25) is 4.79 Å². The molecule has 1 atom stereocenters. The molecule has 2 N–H and O–H groups in total. The van der Waals surface area contributed by atoms with Gasteiger partial charge in [-0.1, -0.05) is 0 Å². The molecule has 29 heavy (non-hydrogen) atoms. The highest BCUT2D eigenvalue weighted by molar-refractivity contribution is 5.94. The van der Waals surface area contributed by atoms with Crippen molar-refractivity contribution in [1.82, 2.24) is 0 Å². The second-order valence-electron chi connectivity index (χ2n) is 7.41. The van der Waals surface area contributed by atoms with Crippen molar-refractivity contribution in [2.45, 2.75) is 13.0 Å². The van der Waals surface area contributed by atoms with E-state index in [4.69, 9.17) is 14.2 Å². The number of hydrogen-bond acceptors (Lipinski definition) is 5. The van der Waals surface area contributed by atoms with Crippen molar-refractivity contribution < 1.29 is 23.9 Å². The van der Waals surface area contributed by atoms with Crippen molar-refractivity contribution in [2.75, 3.05) is 56.7 Å². The molecule has 7 nitrogen and oxygen atoms in total. The summed E-state index contributed by atoms with van der Waals surface area (Å²) in [6.45, 7) is 6.76. The van der Waals surface area contributed by atoms with Crippen molar-refractivity contribution in [3.63, 3.8) is 0 Å². The largest absolute Gasteiger partial charge is 0.497 e. The summed E-state index contributed by atoms with van der Waals surface area (Å²) in [5, 5.41) is 3.02. The number of rotatable bonds is 5. The van der Waals surface area contributed by atoms with Crippen molar-refractivity contribution >= 4 is 17.3 Å². The fourth-order valence-electron chi connectivity index (χ4n) is 3.84. The highest BCUT2D eigenvalue weighted by Crippen LogP contribution is 2.32. The van der Waals surface area contributed by atoms with Gasteiger partial charge in [0, 0.05) is 17.4 Å². The van der Waals surface area contributed by atoms with Gasteiger partial charge in [0.05, 0.1) is 33.3 Å². The van der Waals surface area contributed by atoms with Gasteiger partial charge in [0.15, 0.2) is 17.5 Å². The van der Waals surface area contributed by atoms with Gasteiger partial charge in [0.25, 0.3) is 5.91 Å². The zero-order chi connectivity index (χ0) is 20.2. The predicted molar refractivity (Wildman–Crippen MR) is 111 cm³/mol. The first kappa shape index (κ1) is 19.4. The molecular weight excluding hydrogens is 370 g/mol. The Bertz CT molecular complexity index is 848. The molecule has 7 heteroatoms. The minimum atomic E-state index is -0.124. The van der Waals surface area contributed by atoms with E-state index in [0.717, 1.165) is 43.4 Å². The van der Waals surface area contributed by atoms with Gasteiger partial charge in [0.2, 0.25) is 0 Å². The van der Waals surface area contributed by atoms with Crippen molar-refractivity contribution in [2.24, 2.45) is 0 Å². The fourth-order valence-corrected chi connectivity index (χ4v) is 3.84. The zero-order valence-electron chi connectivity index (χ0n) is 16.9. The molecule has 2 aliphatic heterocycles. The fraction of sp³-hybridized carbons (Fsp3) is 0.409. The molecule has 154 valence electrons. The van der Waals surface area contributed by atoms with Gasteiger partial charge in [0.1, 0.15) is 19.0 Å². The van der Waals surface area contributed by atoms with Crippen LogP contribution in [0, 0.1) is 0 Å². The van der Waals surface area contributed by atoms with E-state index in [1.165, 1.54) is 10.6 Å². The number of anilines is 2. The smallest absolute Gasteiger partial charge is 0.282 e. The molecule has 1 saturated heterocycles. The predicted octanol–water partition coefficient (Wildman–Crippen LogP) is 1.20. The Hall–Kier alpha value is -2.93. The van der Waals surface area contributed by atoms with Crippen LogP contribution in [-0.4, -0.2) is 58.5 Å². The molecule has 0 saturated carbocycles. The van der Waals surface area contributed by atoms with Crippen LogP contribution in [0.5, 0.6) is 17.2 Å². The Morgan fingerprint density at radius 2 is 1.76 bits per heavy atom. The number of ether oxygens (including phenoxy) is 3.